The number of hydrogen-bond acceptors (Lipinski definition) is 4. The van der Waals surface area contributed by atoms with Gasteiger partial charge in [-0.1, -0.05) is 13.8 Å². The second-order valence-electron chi connectivity index (χ2n) is 5.87. The summed E-state index contributed by atoms with van der Waals surface area (Å²) in [6, 6.07) is 0.547. The number of esters is 1. The topological polar surface area (TPSA) is 49.8 Å². The maximum absolute atomic E-state index is 11.6. The molecule has 0 aromatic heterocycles. The Hall–Kier alpha value is -0.610. The van der Waals surface area contributed by atoms with E-state index < -0.39 is 0 Å². The average molecular weight is 241 g/mol. The van der Waals surface area contributed by atoms with Gasteiger partial charge in [0.2, 0.25) is 0 Å². The summed E-state index contributed by atoms with van der Waals surface area (Å²) >= 11 is 0. The minimum Gasteiger partial charge on any atom is -0.462 e. The third kappa shape index (κ3) is 2.80. The van der Waals surface area contributed by atoms with Gasteiger partial charge in [0.25, 0.3) is 0 Å². The SMILES string of the molecule is CC(C)CC(=O)O[C@@H]1C[C@@H]2C[C@H](O)[C@H](C1)N2C. The van der Waals surface area contributed by atoms with Gasteiger partial charge in [-0.05, 0) is 19.4 Å². The molecule has 0 spiro atoms. The Bertz CT molecular complexity index is 292. The number of aliphatic hydroxyl groups excluding tert-OH is 1. The van der Waals surface area contributed by atoms with Crippen LogP contribution in [0.15, 0.2) is 0 Å². The highest BCUT2D eigenvalue weighted by Crippen LogP contribution is 2.35. The van der Waals surface area contributed by atoms with Crippen LogP contribution in [0.25, 0.3) is 0 Å². The van der Waals surface area contributed by atoms with Crippen molar-refractivity contribution >= 4 is 5.97 Å². The molecule has 2 saturated heterocycles. The molecule has 2 fully saturated rings. The molecule has 0 saturated carbocycles. The Morgan fingerprint density at radius 1 is 1.41 bits per heavy atom. The molecule has 0 aromatic rings. The zero-order valence-electron chi connectivity index (χ0n) is 10.9. The van der Waals surface area contributed by atoms with Crippen molar-refractivity contribution in [2.24, 2.45) is 5.92 Å². The molecule has 0 aliphatic carbocycles. The quantitative estimate of drug-likeness (QED) is 0.754. The van der Waals surface area contributed by atoms with Crippen LogP contribution in [0.4, 0.5) is 0 Å². The molecule has 17 heavy (non-hydrogen) atoms. The molecule has 4 nitrogen and oxygen atoms in total. The third-order valence-electron chi connectivity index (χ3n) is 3.97. The summed E-state index contributed by atoms with van der Waals surface area (Å²) in [4.78, 5) is 13.9. The predicted octanol–water partition coefficient (Wildman–Crippen LogP) is 1.17. The summed E-state index contributed by atoms with van der Waals surface area (Å²) in [5, 5.41) is 9.88. The number of carbonyl (C=O) groups excluding carboxylic acids is 1. The van der Waals surface area contributed by atoms with Gasteiger partial charge in [0.15, 0.2) is 0 Å². The molecular formula is C13H23NO3. The lowest BCUT2D eigenvalue weighted by molar-refractivity contribution is -0.153. The number of nitrogens with zero attached hydrogens (tertiary/aromatic N) is 1. The van der Waals surface area contributed by atoms with Gasteiger partial charge in [0.05, 0.1) is 6.10 Å². The number of fused-ring (bicyclic) bond motifs is 2. The average Bonchev–Trinajstić information content (AvgIpc) is 2.39. The Kier molecular flexibility index (Phi) is 3.73. The summed E-state index contributed by atoms with van der Waals surface area (Å²) in [6.07, 6.45) is 2.71. The molecular weight excluding hydrogens is 218 g/mol. The second-order valence-corrected chi connectivity index (χ2v) is 5.87. The maximum atomic E-state index is 11.6. The van der Waals surface area contributed by atoms with Crippen LogP contribution in [0.5, 0.6) is 0 Å². The second kappa shape index (κ2) is 4.94. The van der Waals surface area contributed by atoms with Crippen LogP contribution in [-0.4, -0.2) is 47.3 Å². The highest BCUT2D eigenvalue weighted by Gasteiger charge is 2.45. The molecule has 0 amide bonds. The Labute approximate surface area is 103 Å². The summed E-state index contributed by atoms with van der Waals surface area (Å²) < 4.78 is 5.50. The van der Waals surface area contributed by atoms with Crippen molar-refractivity contribution in [2.45, 2.75) is 63.8 Å². The van der Waals surface area contributed by atoms with Gasteiger partial charge in [0, 0.05) is 31.3 Å². The number of ether oxygens (including phenoxy) is 1. The van der Waals surface area contributed by atoms with Crippen molar-refractivity contribution in [3.63, 3.8) is 0 Å². The highest BCUT2D eigenvalue weighted by molar-refractivity contribution is 5.69. The zero-order valence-corrected chi connectivity index (χ0v) is 10.9. The highest BCUT2D eigenvalue weighted by atomic mass is 16.5. The Morgan fingerprint density at radius 2 is 2.12 bits per heavy atom. The summed E-state index contributed by atoms with van der Waals surface area (Å²) in [5.74, 6) is 0.250. The molecule has 2 heterocycles. The van der Waals surface area contributed by atoms with Crippen molar-refractivity contribution in [1.29, 1.82) is 0 Å². The maximum Gasteiger partial charge on any atom is 0.306 e. The number of likely N-dealkylation sites (N-methyl/N-ethyl adjacent to an activating group) is 1. The van der Waals surface area contributed by atoms with Crippen molar-refractivity contribution in [1.82, 2.24) is 4.90 Å². The smallest absolute Gasteiger partial charge is 0.306 e. The summed E-state index contributed by atoms with van der Waals surface area (Å²) in [6.45, 7) is 4.03. The van der Waals surface area contributed by atoms with E-state index in [4.69, 9.17) is 4.74 Å². The zero-order chi connectivity index (χ0) is 12.6. The largest absolute Gasteiger partial charge is 0.462 e. The summed E-state index contributed by atoms with van der Waals surface area (Å²) in [5.41, 5.74) is 0. The van der Waals surface area contributed by atoms with E-state index in [1.54, 1.807) is 0 Å². The third-order valence-corrected chi connectivity index (χ3v) is 3.97. The van der Waals surface area contributed by atoms with Crippen LogP contribution in [-0.2, 0) is 9.53 Å². The van der Waals surface area contributed by atoms with E-state index in [0.29, 0.717) is 18.4 Å². The van der Waals surface area contributed by atoms with Gasteiger partial charge in [0.1, 0.15) is 6.10 Å². The number of carbonyl (C=O) groups is 1. The molecule has 2 bridgehead atoms. The van der Waals surface area contributed by atoms with E-state index in [1.165, 1.54) is 0 Å². The predicted molar refractivity (Wildman–Crippen MR) is 64.5 cm³/mol. The number of aliphatic hydroxyl groups is 1. The van der Waals surface area contributed by atoms with Gasteiger partial charge in [-0.3, -0.25) is 9.69 Å². The fraction of sp³-hybridized carbons (Fsp3) is 0.923. The monoisotopic (exact) mass is 241 g/mol. The standard InChI is InChI=1S/C13H23NO3/c1-8(2)4-13(16)17-10-5-9-6-12(15)11(7-10)14(9)3/h8-12,15H,4-7H2,1-3H3/t9-,10-,11+,12+/m1/s1. The number of rotatable bonds is 3. The van der Waals surface area contributed by atoms with Gasteiger partial charge in [-0.2, -0.15) is 0 Å². The lowest BCUT2D eigenvalue weighted by atomic mass is 10.00. The molecule has 0 unspecified atom stereocenters. The first-order valence-electron chi connectivity index (χ1n) is 6.57. The Balaban J connectivity index is 1.87. The minimum atomic E-state index is -0.251. The van der Waals surface area contributed by atoms with Crippen molar-refractivity contribution in [3.05, 3.63) is 0 Å². The lowest BCUT2D eigenvalue weighted by Gasteiger charge is -2.36. The van der Waals surface area contributed by atoms with Crippen LogP contribution in [0, 0.1) is 5.92 Å². The summed E-state index contributed by atoms with van der Waals surface area (Å²) in [7, 11) is 2.05. The van der Waals surface area contributed by atoms with Gasteiger partial charge in [-0.25, -0.2) is 0 Å². The van der Waals surface area contributed by atoms with Crippen LogP contribution < -0.4 is 0 Å². The van der Waals surface area contributed by atoms with Gasteiger partial charge in [-0.15, -0.1) is 0 Å². The van der Waals surface area contributed by atoms with E-state index in [0.717, 1.165) is 19.3 Å². The molecule has 2 rings (SSSR count). The fourth-order valence-corrected chi connectivity index (χ4v) is 3.06. The molecule has 4 atom stereocenters. The van der Waals surface area contributed by atoms with E-state index in [2.05, 4.69) is 11.9 Å². The van der Waals surface area contributed by atoms with Crippen LogP contribution in [0.3, 0.4) is 0 Å². The lowest BCUT2D eigenvalue weighted by Crippen LogP contribution is -2.45. The normalized spacial score (nSPS) is 37.5. The molecule has 2 aliphatic rings. The Morgan fingerprint density at radius 3 is 2.71 bits per heavy atom. The number of hydrogen-bond donors (Lipinski definition) is 1. The minimum absolute atomic E-state index is 0.00426. The van der Waals surface area contributed by atoms with Crippen molar-refractivity contribution in [3.8, 4) is 0 Å². The fourth-order valence-electron chi connectivity index (χ4n) is 3.06. The number of piperidine rings is 1. The molecule has 4 heteroatoms. The van der Waals surface area contributed by atoms with E-state index in [-0.39, 0.29) is 24.2 Å². The first-order chi connectivity index (χ1) is 7.97. The molecule has 1 N–H and O–H groups in total. The van der Waals surface area contributed by atoms with E-state index in [1.807, 2.05) is 13.8 Å². The van der Waals surface area contributed by atoms with Crippen molar-refractivity contribution < 1.29 is 14.6 Å². The molecule has 2 aliphatic heterocycles. The van der Waals surface area contributed by atoms with Crippen LogP contribution >= 0.6 is 0 Å². The first-order valence-corrected chi connectivity index (χ1v) is 6.57. The van der Waals surface area contributed by atoms with Crippen molar-refractivity contribution in [2.75, 3.05) is 7.05 Å². The van der Waals surface area contributed by atoms with Gasteiger partial charge < -0.3 is 9.84 Å². The van der Waals surface area contributed by atoms with Crippen LogP contribution in [0.2, 0.25) is 0 Å². The molecule has 0 aromatic carbocycles. The van der Waals surface area contributed by atoms with E-state index >= 15 is 0 Å². The van der Waals surface area contributed by atoms with Gasteiger partial charge >= 0.3 is 5.97 Å². The van der Waals surface area contributed by atoms with E-state index in [9.17, 15) is 9.90 Å². The molecule has 0 radical (unpaired) electrons. The first kappa shape index (κ1) is 12.8. The van der Waals surface area contributed by atoms with Crippen LogP contribution in [0.1, 0.15) is 39.5 Å². The molecule has 98 valence electrons.